The van der Waals surface area contributed by atoms with Gasteiger partial charge >= 0.3 is 0 Å². The van der Waals surface area contributed by atoms with E-state index in [9.17, 15) is 18.0 Å². The number of aromatic amines is 1. The summed E-state index contributed by atoms with van der Waals surface area (Å²) in [6.07, 6.45) is 3.62. The van der Waals surface area contributed by atoms with Gasteiger partial charge in [0.2, 0.25) is 5.56 Å². The molecule has 1 saturated heterocycles. The van der Waals surface area contributed by atoms with Gasteiger partial charge in [-0.25, -0.2) is 8.42 Å². The zero-order chi connectivity index (χ0) is 15.5. The van der Waals surface area contributed by atoms with Crippen LogP contribution in [-0.4, -0.2) is 48.3 Å². The maximum absolute atomic E-state index is 12.6. The van der Waals surface area contributed by atoms with Crippen LogP contribution < -0.4 is 5.56 Å². The van der Waals surface area contributed by atoms with Crippen molar-refractivity contribution >= 4 is 15.7 Å². The Morgan fingerprint density at radius 3 is 2.71 bits per heavy atom. The highest BCUT2D eigenvalue weighted by molar-refractivity contribution is 7.91. The van der Waals surface area contributed by atoms with Crippen LogP contribution in [0.5, 0.6) is 0 Å². The predicted molar refractivity (Wildman–Crippen MR) is 80.1 cm³/mol. The van der Waals surface area contributed by atoms with E-state index in [0.29, 0.717) is 18.5 Å². The molecule has 1 unspecified atom stereocenters. The molecule has 1 aromatic rings. The summed E-state index contributed by atoms with van der Waals surface area (Å²) in [4.78, 5) is 27.8. The van der Waals surface area contributed by atoms with E-state index in [1.165, 1.54) is 18.3 Å². The number of hydrogen-bond acceptors (Lipinski definition) is 4. The fraction of sp³-hybridized carbons (Fsp3) is 0.571. The molecule has 0 radical (unpaired) electrons. The van der Waals surface area contributed by atoms with Gasteiger partial charge in [0.15, 0.2) is 9.84 Å². The number of sulfone groups is 1. The topological polar surface area (TPSA) is 87.3 Å². The minimum absolute atomic E-state index is 0.0335. The minimum atomic E-state index is -3.04. The molecule has 0 aromatic carbocycles. The summed E-state index contributed by atoms with van der Waals surface area (Å²) >= 11 is 0. The lowest BCUT2D eigenvalue weighted by atomic mass is 10.1. The molecule has 0 bridgehead atoms. The van der Waals surface area contributed by atoms with Crippen molar-refractivity contribution in [3.63, 3.8) is 0 Å². The molecule has 1 amide bonds. The number of nitrogens with one attached hydrogen (secondary N) is 1. The van der Waals surface area contributed by atoms with Gasteiger partial charge in [0, 0.05) is 24.8 Å². The maximum atomic E-state index is 12.6. The summed E-state index contributed by atoms with van der Waals surface area (Å²) in [5.74, 6) is -0.0489. The molecule has 0 aliphatic carbocycles. The Bertz CT molecular complexity index is 645. The highest BCUT2D eigenvalue weighted by atomic mass is 32.2. The van der Waals surface area contributed by atoms with E-state index in [2.05, 4.69) is 4.98 Å². The summed E-state index contributed by atoms with van der Waals surface area (Å²) in [6, 6.07) is 2.51. The molecule has 6 nitrogen and oxygen atoms in total. The number of rotatable bonds is 5. The summed E-state index contributed by atoms with van der Waals surface area (Å²) < 4.78 is 23.3. The summed E-state index contributed by atoms with van der Waals surface area (Å²) in [5, 5.41) is 0. The SMILES string of the molecule is CCCCN(C(=O)c1ccc(=O)[nH]c1)C1CCS(=O)(=O)C1. The van der Waals surface area contributed by atoms with E-state index in [4.69, 9.17) is 0 Å². The molecule has 0 spiro atoms. The number of unbranched alkanes of at least 4 members (excludes halogenated alkanes) is 1. The first-order valence-corrected chi connectivity index (χ1v) is 8.95. The number of carbonyl (C=O) groups excluding carboxylic acids is 1. The summed E-state index contributed by atoms with van der Waals surface area (Å²) in [7, 11) is -3.04. The number of hydrogen-bond donors (Lipinski definition) is 1. The van der Waals surface area contributed by atoms with Gasteiger partial charge in [-0.05, 0) is 18.9 Å². The average molecular weight is 312 g/mol. The molecule has 7 heteroatoms. The van der Waals surface area contributed by atoms with Gasteiger partial charge in [-0.15, -0.1) is 0 Å². The van der Waals surface area contributed by atoms with E-state index < -0.39 is 9.84 Å². The standard InChI is InChI=1S/C14H20N2O4S/c1-2-3-7-16(12-6-8-21(19,20)10-12)14(18)11-4-5-13(17)15-9-11/h4-5,9,12H,2-3,6-8,10H2,1H3,(H,15,17). The molecule has 1 aliphatic rings. The zero-order valence-corrected chi connectivity index (χ0v) is 12.9. The van der Waals surface area contributed by atoms with Gasteiger partial charge in [0.1, 0.15) is 0 Å². The molecule has 1 aromatic heterocycles. The van der Waals surface area contributed by atoms with Crippen molar-refractivity contribution in [2.45, 2.75) is 32.2 Å². The fourth-order valence-corrected chi connectivity index (χ4v) is 4.24. The van der Waals surface area contributed by atoms with Crippen LogP contribution in [0.3, 0.4) is 0 Å². The lowest BCUT2D eigenvalue weighted by Crippen LogP contribution is -2.42. The highest BCUT2D eigenvalue weighted by Crippen LogP contribution is 2.20. The van der Waals surface area contributed by atoms with Crippen LogP contribution in [0.1, 0.15) is 36.5 Å². The fourth-order valence-electron chi connectivity index (χ4n) is 2.51. The molecule has 1 aliphatic heterocycles. The Morgan fingerprint density at radius 1 is 1.43 bits per heavy atom. The first-order valence-electron chi connectivity index (χ1n) is 7.13. The van der Waals surface area contributed by atoms with Crippen molar-refractivity contribution in [3.8, 4) is 0 Å². The molecule has 0 saturated carbocycles. The molecule has 1 fully saturated rings. The third-order valence-electron chi connectivity index (χ3n) is 3.69. The zero-order valence-electron chi connectivity index (χ0n) is 12.0. The maximum Gasteiger partial charge on any atom is 0.255 e. The van der Waals surface area contributed by atoms with E-state index in [1.807, 2.05) is 6.92 Å². The van der Waals surface area contributed by atoms with Crippen LogP contribution in [-0.2, 0) is 9.84 Å². The first kappa shape index (κ1) is 15.8. The summed E-state index contributed by atoms with van der Waals surface area (Å²) in [5.41, 5.74) is 0.116. The molecule has 1 atom stereocenters. The van der Waals surface area contributed by atoms with Gasteiger partial charge in [0.25, 0.3) is 5.91 Å². The van der Waals surface area contributed by atoms with Crippen LogP contribution in [0, 0.1) is 0 Å². The van der Waals surface area contributed by atoms with Crippen molar-refractivity contribution in [3.05, 3.63) is 34.2 Å². The second kappa shape index (κ2) is 6.43. The molecule has 1 N–H and O–H groups in total. The van der Waals surface area contributed by atoms with E-state index in [0.717, 1.165) is 12.8 Å². The quantitative estimate of drug-likeness (QED) is 0.871. The van der Waals surface area contributed by atoms with Gasteiger partial charge in [-0.3, -0.25) is 9.59 Å². The Morgan fingerprint density at radius 2 is 2.19 bits per heavy atom. The van der Waals surface area contributed by atoms with Gasteiger partial charge in [-0.2, -0.15) is 0 Å². The molecule has 21 heavy (non-hydrogen) atoms. The van der Waals surface area contributed by atoms with Crippen LogP contribution in [0.25, 0.3) is 0 Å². The van der Waals surface area contributed by atoms with Gasteiger partial charge < -0.3 is 9.88 Å². The first-order chi connectivity index (χ1) is 9.93. The summed E-state index contributed by atoms with van der Waals surface area (Å²) in [6.45, 7) is 2.56. The Labute approximate surface area is 124 Å². The number of carbonyl (C=O) groups is 1. The highest BCUT2D eigenvalue weighted by Gasteiger charge is 2.34. The number of aromatic nitrogens is 1. The number of amides is 1. The molecule has 2 heterocycles. The molecular formula is C14H20N2O4S. The second-order valence-electron chi connectivity index (χ2n) is 5.35. The third-order valence-corrected chi connectivity index (χ3v) is 5.44. The Kier molecular flexibility index (Phi) is 4.82. The average Bonchev–Trinajstić information content (AvgIpc) is 2.80. The van der Waals surface area contributed by atoms with Crippen LogP contribution in [0.2, 0.25) is 0 Å². The van der Waals surface area contributed by atoms with Crippen molar-refractivity contribution in [1.29, 1.82) is 0 Å². The predicted octanol–water partition coefficient (Wildman–Crippen LogP) is 0.804. The van der Waals surface area contributed by atoms with Crippen LogP contribution in [0.4, 0.5) is 0 Å². The number of nitrogens with zero attached hydrogens (tertiary/aromatic N) is 1. The monoisotopic (exact) mass is 312 g/mol. The van der Waals surface area contributed by atoms with Gasteiger partial charge in [-0.1, -0.05) is 13.3 Å². The van der Waals surface area contributed by atoms with Crippen LogP contribution in [0.15, 0.2) is 23.1 Å². The Balaban J connectivity index is 2.21. The molecule has 116 valence electrons. The van der Waals surface area contributed by atoms with Crippen molar-refractivity contribution in [1.82, 2.24) is 9.88 Å². The lowest BCUT2D eigenvalue weighted by molar-refractivity contribution is 0.0693. The van der Waals surface area contributed by atoms with Crippen molar-refractivity contribution in [2.24, 2.45) is 0 Å². The van der Waals surface area contributed by atoms with Crippen molar-refractivity contribution < 1.29 is 13.2 Å². The van der Waals surface area contributed by atoms with E-state index >= 15 is 0 Å². The Hall–Kier alpha value is -1.63. The van der Waals surface area contributed by atoms with Crippen LogP contribution >= 0.6 is 0 Å². The third kappa shape index (κ3) is 3.93. The van der Waals surface area contributed by atoms with Gasteiger partial charge in [0.05, 0.1) is 17.1 Å². The number of H-pyrrole nitrogens is 1. The minimum Gasteiger partial charge on any atom is -0.335 e. The molecule has 2 rings (SSSR count). The molecular weight excluding hydrogens is 292 g/mol. The number of pyridine rings is 1. The smallest absolute Gasteiger partial charge is 0.255 e. The normalized spacial score (nSPS) is 20.3. The second-order valence-corrected chi connectivity index (χ2v) is 7.58. The lowest BCUT2D eigenvalue weighted by Gasteiger charge is -2.28. The van der Waals surface area contributed by atoms with E-state index in [-0.39, 0.29) is 29.0 Å². The van der Waals surface area contributed by atoms with Crippen molar-refractivity contribution in [2.75, 3.05) is 18.1 Å². The van der Waals surface area contributed by atoms with E-state index in [1.54, 1.807) is 4.90 Å². The largest absolute Gasteiger partial charge is 0.335 e.